The molecule has 3 N–H and O–H groups in total. The largest absolute Gasteiger partial charge is 0.508 e. The van der Waals surface area contributed by atoms with Crippen LogP contribution in [0.4, 0.5) is 0 Å². The number of nitrogens with one attached hydrogen (secondary N) is 1. The van der Waals surface area contributed by atoms with Gasteiger partial charge in [-0.2, -0.15) is 0 Å². The minimum absolute atomic E-state index is 0.296. The van der Waals surface area contributed by atoms with Crippen LogP contribution in [-0.2, 0) is 6.54 Å². The molecule has 0 spiro atoms. The Morgan fingerprint density at radius 2 is 1.94 bits per heavy atom. The fraction of sp³-hybridized carbons (Fsp3) is 0.286. The van der Waals surface area contributed by atoms with Gasteiger partial charge in [0.15, 0.2) is 0 Å². The van der Waals surface area contributed by atoms with E-state index in [4.69, 9.17) is 5.11 Å². The summed E-state index contributed by atoms with van der Waals surface area (Å²) in [5, 5.41) is 21.7. The Kier molecular flexibility index (Phi) is 3.83. The lowest BCUT2D eigenvalue weighted by Gasteiger charge is -2.14. The second kappa shape index (κ2) is 5.55. The first kappa shape index (κ1) is 11.7. The molecule has 1 atom stereocenters. The number of benzene rings is 1. The predicted octanol–water partition coefficient (Wildman–Crippen LogP) is 2.50. The maximum atomic E-state index is 9.19. The van der Waals surface area contributed by atoms with Crippen molar-refractivity contribution in [2.45, 2.75) is 13.0 Å². The first-order valence-electron chi connectivity index (χ1n) is 5.80. The third kappa shape index (κ3) is 3.64. The molecule has 0 bridgehead atoms. The zero-order chi connectivity index (χ0) is 12.1. The number of phenolic OH excluding ortho intramolecular Hbond substituents is 1. The first-order chi connectivity index (χ1) is 8.24. The van der Waals surface area contributed by atoms with Crippen LogP contribution >= 0.6 is 0 Å². The standard InChI is InChI=1S/C14H17NO2/c16-13-5-1-11(2-6-13)9-15-10-12-3-7-14(17)8-4-12/h1-3,5-8,12,15-17H,4,9-10H2. The summed E-state index contributed by atoms with van der Waals surface area (Å²) >= 11 is 0. The Hall–Kier alpha value is -1.74. The molecule has 1 unspecified atom stereocenters. The van der Waals surface area contributed by atoms with Gasteiger partial charge in [-0.25, -0.2) is 0 Å². The first-order valence-corrected chi connectivity index (χ1v) is 5.80. The molecule has 1 aliphatic rings. The van der Waals surface area contributed by atoms with E-state index in [-0.39, 0.29) is 0 Å². The summed E-state index contributed by atoms with van der Waals surface area (Å²) in [6, 6.07) is 7.20. The van der Waals surface area contributed by atoms with Gasteiger partial charge in [-0.3, -0.25) is 0 Å². The van der Waals surface area contributed by atoms with Crippen LogP contribution < -0.4 is 5.32 Å². The van der Waals surface area contributed by atoms with Crippen LogP contribution in [0, 0.1) is 5.92 Å². The molecule has 3 heteroatoms. The fourth-order valence-corrected chi connectivity index (χ4v) is 1.82. The van der Waals surface area contributed by atoms with Crippen molar-refractivity contribution >= 4 is 0 Å². The van der Waals surface area contributed by atoms with Crippen molar-refractivity contribution in [3.05, 3.63) is 53.8 Å². The Bertz CT molecular complexity index is 420. The van der Waals surface area contributed by atoms with Gasteiger partial charge in [0, 0.05) is 13.1 Å². The molecule has 1 aromatic rings. The molecule has 0 fully saturated rings. The summed E-state index contributed by atoms with van der Waals surface area (Å²) in [7, 11) is 0. The van der Waals surface area contributed by atoms with Crippen LogP contribution in [0.3, 0.4) is 0 Å². The highest BCUT2D eigenvalue weighted by atomic mass is 16.3. The molecule has 90 valence electrons. The zero-order valence-electron chi connectivity index (χ0n) is 9.63. The number of hydrogen-bond donors (Lipinski definition) is 3. The summed E-state index contributed by atoms with van der Waals surface area (Å²) in [4.78, 5) is 0. The van der Waals surface area contributed by atoms with E-state index < -0.39 is 0 Å². The maximum Gasteiger partial charge on any atom is 0.115 e. The molecule has 0 saturated carbocycles. The Morgan fingerprint density at radius 3 is 2.59 bits per heavy atom. The van der Waals surface area contributed by atoms with Crippen LogP contribution in [0.5, 0.6) is 5.75 Å². The van der Waals surface area contributed by atoms with Gasteiger partial charge < -0.3 is 15.5 Å². The minimum atomic E-state index is 0.296. The van der Waals surface area contributed by atoms with Gasteiger partial charge in [-0.15, -0.1) is 0 Å². The predicted molar refractivity (Wildman–Crippen MR) is 67.8 cm³/mol. The van der Waals surface area contributed by atoms with E-state index >= 15 is 0 Å². The van der Waals surface area contributed by atoms with E-state index in [9.17, 15) is 5.11 Å². The Morgan fingerprint density at radius 1 is 1.18 bits per heavy atom. The van der Waals surface area contributed by atoms with Gasteiger partial charge in [0.1, 0.15) is 11.5 Å². The number of rotatable bonds is 4. The van der Waals surface area contributed by atoms with Gasteiger partial charge in [0.05, 0.1) is 0 Å². The topological polar surface area (TPSA) is 52.5 Å². The average molecular weight is 231 g/mol. The second-order valence-electron chi connectivity index (χ2n) is 4.28. The van der Waals surface area contributed by atoms with E-state index in [0.29, 0.717) is 17.4 Å². The van der Waals surface area contributed by atoms with Crippen molar-refractivity contribution in [3.63, 3.8) is 0 Å². The molecule has 1 aliphatic carbocycles. The van der Waals surface area contributed by atoms with Crippen molar-refractivity contribution in [2.24, 2.45) is 5.92 Å². The minimum Gasteiger partial charge on any atom is -0.508 e. The van der Waals surface area contributed by atoms with E-state index in [1.165, 1.54) is 0 Å². The van der Waals surface area contributed by atoms with Crippen LogP contribution in [0.15, 0.2) is 48.3 Å². The second-order valence-corrected chi connectivity index (χ2v) is 4.28. The third-order valence-electron chi connectivity index (χ3n) is 2.84. The number of aromatic hydroxyl groups is 1. The smallest absolute Gasteiger partial charge is 0.115 e. The molecule has 0 amide bonds. The summed E-state index contributed by atoms with van der Waals surface area (Å²) in [5.41, 5.74) is 1.15. The fourth-order valence-electron chi connectivity index (χ4n) is 1.82. The lowest BCUT2D eigenvalue weighted by Crippen LogP contribution is -2.21. The van der Waals surface area contributed by atoms with Gasteiger partial charge in [-0.05, 0) is 42.2 Å². The van der Waals surface area contributed by atoms with Gasteiger partial charge >= 0.3 is 0 Å². The number of aliphatic hydroxyl groups excluding tert-OH is 1. The van der Waals surface area contributed by atoms with Crippen molar-refractivity contribution in [1.29, 1.82) is 0 Å². The number of allylic oxidation sites excluding steroid dienone is 2. The maximum absolute atomic E-state index is 9.19. The summed E-state index contributed by atoms with van der Waals surface area (Å²) in [6.45, 7) is 1.68. The zero-order valence-corrected chi connectivity index (χ0v) is 9.63. The Balaban J connectivity index is 1.73. The molecule has 17 heavy (non-hydrogen) atoms. The molecule has 1 aromatic carbocycles. The van der Waals surface area contributed by atoms with Crippen molar-refractivity contribution in [1.82, 2.24) is 5.32 Å². The van der Waals surface area contributed by atoms with Crippen LogP contribution in [0.25, 0.3) is 0 Å². The average Bonchev–Trinajstić information content (AvgIpc) is 2.34. The number of hydrogen-bond acceptors (Lipinski definition) is 3. The molecule has 0 aromatic heterocycles. The third-order valence-corrected chi connectivity index (χ3v) is 2.84. The highest BCUT2D eigenvalue weighted by Crippen LogP contribution is 2.14. The lowest BCUT2D eigenvalue weighted by molar-refractivity contribution is 0.418. The molecule has 0 aliphatic heterocycles. The summed E-state index contributed by atoms with van der Waals surface area (Å²) in [5.74, 6) is 1.10. The molecule has 0 saturated heterocycles. The SMILES string of the molecule is OC1=CCC(CNCc2ccc(O)cc2)C=C1. The Labute approximate surface area is 101 Å². The monoisotopic (exact) mass is 231 g/mol. The van der Waals surface area contributed by atoms with E-state index in [0.717, 1.165) is 25.1 Å². The quantitative estimate of drug-likeness (QED) is 0.746. The molecular formula is C14H17NO2. The lowest BCUT2D eigenvalue weighted by atomic mass is 10.00. The van der Waals surface area contributed by atoms with E-state index in [2.05, 4.69) is 5.32 Å². The summed E-state index contributed by atoms with van der Waals surface area (Å²) < 4.78 is 0. The molecule has 0 radical (unpaired) electrons. The highest BCUT2D eigenvalue weighted by Gasteiger charge is 2.07. The molecule has 2 rings (SSSR count). The van der Waals surface area contributed by atoms with Gasteiger partial charge in [0.25, 0.3) is 0 Å². The van der Waals surface area contributed by atoms with E-state index in [1.54, 1.807) is 18.2 Å². The number of aliphatic hydroxyl groups is 1. The van der Waals surface area contributed by atoms with Crippen LogP contribution in [0.2, 0.25) is 0 Å². The van der Waals surface area contributed by atoms with Crippen molar-refractivity contribution in [2.75, 3.05) is 6.54 Å². The normalized spacial score (nSPS) is 19.1. The highest BCUT2D eigenvalue weighted by molar-refractivity contribution is 5.25. The molecule has 0 heterocycles. The van der Waals surface area contributed by atoms with Crippen LogP contribution in [0.1, 0.15) is 12.0 Å². The molecule has 3 nitrogen and oxygen atoms in total. The molecular weight excluding hydrogens is 214 g/mol. The summed E-state index contributed by atoms with van der Waals surface area (Å²) in [6.07, 6.45) is 6.49. The van der Waals surface area contributed by atoms with E-state index in [1.807, 2.05) is 24.3 Å². The van der Waals surface area contributed by atoms with Crippen LogP contribution in [-0.4, -0.2) is 16.8 Å². The van der Waals surface area contributed by atoms with Crippen molar-refractivity contribution in [3.8, 4) is 5.75 Å². The van der Waals surface area contributed by atoms with Gasteiger partial charge in [0.2, 0.25) is 0 Å². The number of phenols is 1. The van der Waals surface area contributed by atoms with Crippen molar-refractivity contribution < 1.29 is 10.2 Å². The van der Waals surface area contributed by atoms with Gasteiger partial charge in [-0.1, -0.05) is 18.2 Å².